The molecule has 116 valence electrons. The van der Waals surface area contributed by atoms with Crippen LogP contribution in [0.2, 0.25) is 0 Å². The molecule has 21 heavy (non-hydrogen) atoms. The average Bonchev–Trinajstić information content (AvgIpc) is 2.52. The highest BCUT2D eigenvalue weighted by Crippen LogP contribution is 2.23. The van der Waals surface area contributed by atoms with Crippen molar-refractivity contribution in [2.75, 3.05) is 57.1 Å². The molecule has 7 heteroatoms. The number of rotatable bonds is 7. The van der Waals surface area contributed by atoms with Gasteiger partial charge in [0.2, 0.25) is 0 Å². The van der Waals surface area contributed by atoms with E-state index in [1.807, 2.05) is 6.07 Å². The van der Waals surface area contributed by atoms with Crippen molar-refractivity contribution in [3.63, 3.8) is 0 Å². The summed E-state index contributed by atoms with van der Waals surface area (Å²) in [6.45, 7) is 5.40. The van der Waals surface area contributed by atoms with E-state index < -0.39 is 0 Å². The summed E-state index contributed by atoms with van der Waals surface area (Å²) in [4.78, 5) is 12.9. The van der Waals surface area contributed by atoms with E-state index in [4.69, 9.17) is 4.74 Å². The number of anilines is 2. The van der Waals surface area contributed by atoms with Gasteiger partial charge in [0.25, 0.3) is 5.69 Å². The first-order valence-corrected chi connectivity index (χ1v) is 7.20. The predicted octanol–water partition coefficient (Wildman–Crippen LogP) is 1.77. The monoisotopic (exact) mass is 294 g/mol. The number of nitrogens with zero attached hydrogens (tertiary/aromatic N) is 2. The van der Waals surface area contributed by atoms with E-state index in [0.717, 1.165) is 57.2 Å². The summed E-state index contributed by atoms with van der Waals surface area (Å²) in [6, 6.07) is 4.97. The van der Waals surface area contributed by atoms with E-state index in [1.165, 1.54) is 6.07 Å². The normalized spacial score (nSPS) is 15.7. The molecule has 7 nitrogen and oxygen atoms in total. The maximum absolute atomic E-state index is 10.9. The summed E-state index contributed by atoms with van der Waals surface area (Å²) in [5.41, 5.74) is 1.60. The molecule has 0 unspecified atom stereocenters. The van der Waals surface area contributed by atoms with Gasteiger partial charge in [-0.25, -0.2) is 0 Å². The van der Waals surface area contributed by atoms with Gasteiger partial charge >= 0.3 is 0 Å². The van der Waals surface area contributed by atoms with Crippen LogP contribution in [0.3, 0.4) is 0 Å². The molecule has 1 aromatic rings. The van der Waals surface area contributed by atoms with Gasteiger partial charge in [0.15, 0.2) is 0 Å². The van der Waals surface area contributed by atoms with E-state index >= 15 is 0 Å². The molecule has 2 N–H and O–H groups in total. The summed E-state index contributed by atoms with van der Waals surface area (Å²) >= 11 is 0. The van der Waals surface area contributed by atoms with Gasteiger partial charge in [-0.15, -0.1) is 0 Å². The van der Waals surface area contributed by atoms with Crippen LogP contribution in [0.4, 0.5) is 17.1 Å². The minimum absolute atomic E-state index is 0.0949. The van der Waals surface area contributed by atoms with Crippen molar-refractivity contribution in [2.24, 2.45) is 0 Å². The molecule has 1 heterocycles. The molecule has 1 aromatic carbocycles. The Kier molecular flexibility index (Phi) is 5.77. The SMILES string of the molecule is CNc1cc(NCCCN2CCOCC2)cc([N+](=O)[O-])c1. The predicted molar refractivity (Wildman–Crippen MR) is 83.0 cm³/mol. The number of ether oxygens (including phenoxy) is 1. The lowest BCUT2D eigenvalue weighted by Gasteiger charge is -2.26. The molecule has 0 bridgehead atoms. The molecule has 0 saturated carbocycles. The van der Waals surface area contributed by atoms with Crippen molar-refractivity contribution in [3.05, 3.63) is 28.3 Å². The van der Waals surface area contributed by atoms with Gasteiger partial charge < -0.3 is 15.4 Å². The lowest BCUT2D eigenvalue weighted by atomic mass is 10.2. The van der Waals surface area contributed by atoms with Crippen LogP contribution < -0.4 is 10.6 Å². The van der Waals surface area contributed by atoms with Crippen LogP contribution in [-0.4, -0.2) is 56.3 Å². The second kappa shape index (κ2) is 7.80. The van der Waals surface area contributed by atoms with Gasteiger partial charge in [-0.3, -0.25) is 15.0 Å². The molecule has 1 aliphatic rings. The lowest BCUT2D eigenvalue weighted by Crippen LogP contribution is -2.37. The maximum Gasteiger partial charge on any atom is 0.273 e. The van der Waals surface area contributed by atoms with Crippen molar-refractivity contribution in [3.8, 4) is 0 Å². The van der Waals surface area contributed by atoms with Crippen molar-refractivity contribution in [1.29, 1.82) is 0 Å². The van der Waals surface area contributed by atoms with E-state index in [1.54, 1.807) is 13.1 Å². The Hall–Kier alpha value is -1.86. The molecule has 2 rings (SSSR count). The zero-order valence-corrected chi connectivity index (χ0v) is 12.3. The Morgan fingerprint density at radius 1 is 1.29 bits per heavy atom. The lowest BCUT2D eigenvalue weighted by molar-refractivity contribution is -0.384. The summed E-state index contributed by atoms with van der Waals surface area (Å²) in [5.74, 6) is 0. The third-order valence-corrected chi connectivity index (χ3v) is 3.50. The van der Waals surface area contributed by atoms with Gasteiger partial charge in [-0.05, 0) is 19.0 Å². The van der Waals surface area contributed by atoms with E-state index in [-0.39, 0.29) is 10.6 Å². The molecular weight excluding hydrogens is 272 g/mol. The molecule has 0 aliphatic carbocycles. The quantitative estimate of drug-likeness (QED) is 0.453. The highest BCUT2D eigenvalue weighted by atomic mass is 16.6. The fraction of sp³-hybridized carbons (Fsp3) is 0.571. The van der Waals surface area contributed by atoms with Crippen LogP contribution in [0.1, 0.15) is 6.42 Å². The molecule has 0 spiro atoms. The number of morpholine rings is 1. The Bertz CT molecular complexity index is 475. The Balaban J connectivity index is 1.81. The second-order valence-electron chi connectivity index (χ2n) is 5.01. The maximum atomic E-state index is 10.9. The number of hydrogen-bond acceptors (Lipinski definition) is 6. The fourth-order valence-corrected chi connectivity index (χ4v) is 2.32. The number of nitro benzene ring substituents is 1. The summed E-state index contributed by atoms with van der Waals surface area (Å²) in [6.07, 6.45) is 0.998. The zero-order chi connectivity index (χ0) is 15.1. The minimum Gasteiger partial charge on any atom is -0.388 e. The van der Waals surface area contributed by atoms with Crippen LogP contribution in [0.25, 0.3) is 0 Å². The van der Waals surface area contributed by atoms with E-state index in [2.05, 4.69) is 15.5 Å². The molecule has 0 amide bonds. The fourth-order valence-electron chi connectivity index (χ4n) is 2.32. The largest absolute Gasteiger partial charge is 0.388 e. The van der Waals surface area contributed by atoms with Crippen molar-refractivity contribution >= 4 is 17.1 Å². The van der Waals surface area contributed by atoms with Crippen LogP contribution in [0.15, 0.2) is 18.2 Å². The van der Waals surface area contributed by atoms with Crippen LogP contribution in [0.5, 0.6) is 0 Å². The first-order chi connectivity index (χ1) is 10.2. The summed E-state index contributed by atoms with van der Waals surface area (Å²) in [5, 5.41) is 17.1. The Morgan fingerprint density at radius 2 is 2.00 bits per heavy atom. The minimum atomic E-state index is -0.375. The molecule has 0 atom stereocenters. The van der Waals surface area contributed by atoms with Crippen molar-refractivity contribution in [2.45, 2.75) is 6.42 Å². The van der Waals surface area contributed by atoms with Gasteiger partial charge in [0.1, 0.15) is 0 Å². The number of nitrogens with one attached hydrogen (secondary N) is 2. The third kappa shape index (κ3) is 4.87. The highest BCUT2D eigenvalue weighted by Gasteiger charge is 2.10. The van der Waals surface area contributed by atoms with Gasteiger partial charge in [0, 0.05) is 50.2 Å². The Morgan fingerprint density at radius 3 is 2.67 bits per heavy atom. The van der Waals surface area contributed by atoms with Crippen molar-refractivity contribution < 1.29 is 9.66 Å². The number of benzene rings is 1. The van der Waals surface area contributed by atoms with E-state index in [9.17, 15) is 10.1 Å². The molecule has 1 saturated heterocycles. The third-order valence-electron chi connectivity index (χ3n) is 3.50. The molecule has 1 aliphatic heterocycles. The molecule has 1 fully saturated rings. The molecule has 0 radical (unpaired) electrons. The van der Waals surface area contributed by atoms with Gasteiger partial charge in [0.05, 0.1) is 18.1 Å². The smallest absolute Gasteiger partial charge is 0.273 e. The number of hydrogen-bond donors (Lipinski definition) is 2. The topological polar surface area (TPSA) is 79.7 Å². The first kappa shape index (κ1) is 15.5. The molecular formula is C14H22N4O3. The summed E-state index contributed by atoms with van der Waals surface area (Å²) < 4.78 is 5.31. The van der Waals surface area contributed by atoms with Gasteiger partial charge in [-0.2, -0.15) is 0 Å². The zero-order valence-electron chi connectivity index (χ0n) is 12.3. The van der Waals surface area contributed by atoms with Crippen LogP contribution in [0, 0.1) is 10.1 Å². The van der Waals surface area contributed by atoms with E-state index in [0.29, 0.717) is 0 Å². The average molecular weight is 294 g/mol. The van der Waals surface area contributed by atoms with Crippen molar-refractivity contribution in [1.82, 2.24) is 4.90 Å². The molecule has 0 aromatic heterocycles. The standard InChI is InChI=1S/C14H22N4O3/c1-15-12-9-13(11-14(10-12)18(19)20)16-3-2-4-17-5-7-21-8-6-17/h9-11,15-16H,2-8H2,1H3. The first-order valence-electron chi connectivity index (χ1n) is 7.20. The number of non-ortho nitro benzene ring substituents is 1. The van der Waals surface area contributed by atoms with Gasteiger partial charge in [-0.1, -0.05) is 0 Å². The van der Waals surface area contributed by atoms with Crippen LogP contribution in [-0.2, 0) is 4.74 Å². The highest BCUT2D eigenvalue weighted by molar-refractivity contribution is 5.63. The second-order valence-corrected chi connectivity index (χ2v) is 5.01. The number of nitro groups is 1. The van der Waals surface area contributed by atoms with Crippen LogP contribution >= 0.6 is 0 Å². The summed E-state index contributed by atoms with van der Waals surface area (Å²) in [7, 11) is 1.75. The Labute approximate surface area is 124 Å².